The van der Waals surface area contributed by atoms with E-state index in [2.05, 4.69) is 16.2 Å². The molecule has 0 atom stereocenters. The molecule has 0 amide bonds. The van der Waals surface area contributed by atoms with Gasteiger partial charge >= 0.3 is 5.97 Å². The first-order chi connectivity index (χ1) is 9.19. The Morgan fingerprint density at radius 2 is 2.16 bits per heavy atom. The van der Waals surface area contributed by atoms with Crippen LogP contribution in [0.15, 0.2) is 0 Å². The molecule has 0 spiro atoms. The molecule has 5 nitrogen and oxygen atoms in total. The highest BCUT2D eigenvalue weighted by Crippen LogP contribution is 2.36. The summed E-state index contributed by atoms with van der Waals surface area (Å²) in [6.45, 7) is 5.10. The van der Waals surface area contributed by atoms with Crippen LogP contribution in [0, 0.1) is 0 Å². The van der Waals surface area contributed by atoms with Gasteiger partial charge in [-0.3, -0.25) is 0 Å². The van der Waals surface area contributed by atoms with Crippen LogP contribution in [0.4, 0.5) is 10.8 Å². The minimum absolute atomic E-state index is 0.287. The molecule has 1 aliphatic rings. The number of hydrogen-bond acceptors (Lipinski definition) is 6. The quantitative estimate of drug-likeness (QED) is 0.841. The van der Waals surface area contributed by atoms with Crippen LogP contribution in [-0.4, -0.2) is 29.5 Å². The standard InChI is InChI=1S/C13H21N3O2S/c1-3-16(9-7-5-6-8-9)12-10(11(14)15-19-12)13(17)18-4-2/h9H,3-8H2,1-2H3,(H2,14,15). The monoisotopic (exact) mass is 283 g/mol. The molecule has 2 rings (SSSR count). The van der Waals surface area contributed by atoms with Gasteiger partial charge < -0.3 is 15.4 Å². The van der Waals surface area contributed by atoms with E-state index in [-0.39, 0.29) is 11.8 Å². The van der Waals surface area contributed by atoms with Gasteiger partial charge in [0.15, 0.2) is 5.82 Å². The summed E-state index contributed by atoms with van der Waals surface area (Å²) in [5.41, 5.74) is 6.28. The van der Waals surface area contributed by atoms with Gasteiger partial charge in [0.25, 0.3) is 0 Å². The van der Waals surface area contributed by atoms with Crippen molar-refractivity contribution in [2.75, 3.05) is 23.8 Å². The average molecular weight is 283 g/mol. The number of carbonyl (C=O) groups excluding carboxylic acids is 1. The number of rotatable bonds is 5. The normalized spacial score (nSPS) is 15.7. The lowest BCUT2D eigenvalue weighted by atomic mass is 10.2. The predicted molar refractivity (Wildman–Crippen MR) is 77.8 cm³/mol. The van der Waals surface area contributed by atoms with Gasteiger partial charge in [0.1, 0.15) is 10.6 Å². The van der Waals surface area contributed by atoms with Crippen molar-refractivity contribution in [3.8, 4) is 0 Å². The molecule has 1 aromatic rings. The average Bonchev–Trinajstić information content (AvgIpc) is 3.01. The summed E-state index contributed by atoms with van der Waals surface area (Å²) in [5, 5.41) is 0.866. The number of nitrogen functional groups attached to an aromatic ring is 1. The molecular formula is C13H21N3O2S. The molecule has 1 aliphatic carbocycles. The van der Waals surface area contributed by atoms with Gasteiger partial charge in [0, 0.05) is 12.6 Å². The number of hydrogen-bond donors (Lipinski definition) is 1. The Morgan fingerprint density at radius 1 is 1.47 bits per heavy atom. The molecule has 106 valence electrons. The van der Waals surface area contributed by atoms with Crippen molar-refractivity contribution < 1.29 is 9.53 Å². The van der Waals surface area contributed by atoms with Crippen LogP contribution < -0.4 is 10.6 Å². The summed E-state index contributed by atoms with van der Waals surface area (Å²) in [5.74, 6) is -0.0740. The number of ether oxygens (including phenoxy) is 1. The van der Waals surface area contributed by atoms with Crippen LogP contribution in [0.2, 0.25) is 0 Å². The highest BCUT2D eigenvalue weighted by Gasteiger charge is 2.29. The lowest BCUT2D eigenvalue weighted by Crippen LogP contribution is -2.33. The second-order valence-electron chi connectivity index (χ2n) is 4.69. The number of nitrogens with zero attached hydrogens (tertiary/aromatic N) is 2. The summed E-state index contributed by atoms with van der Waals surface area (Å²) < 4.78 is 9.22. The number of aromatic nitrogens is 1. The molecular weight excluding hydrogens is 262 g/mol. The fraction of sp³-hybridized carbons (Fsp3) is 0.692. The topological polar surface area (TPSA) is 68.5 Å². The minimum Gasteiger partial charge on any atom is -0.462 e. The van der Waals surface area contributed by atoms with Crippen molar-refractivity contribution >= 4 is 28.3 Å². The molecule has 1 aromatic heterocycles. The number of esters is 1. The van der Waals surface area contributed by atoms with Crippen LogP contribution in [0.25, 0.3) is 0 Å². The second kappa shape index (κ2) is 6.23. The van der Waals surface area contributed by atoms with Crippen LogP contribution >= 0.6 is 11.5 Å². The molecule has 1 heterocycles. The van der Waals surface area contributed by atoms with Gasteiger partial charge in [0.2, 0.25) is 0 Å². The molecule has 0 radical (unpaired) electrons. The van der Waals surface area contributed by atoms with E-state index in [0.29, 0.717) is 18.2 Å². The van der Waals surface area contributed by atoms with E-state index in [1.165, 1.54) is 37.2 Å². The molecule has 19 heavy (non-hydrogen) atoms. The summed E-state index contributed by atoms with van der Waals surface area (Å²) in [4.78, 5) is 14.3. The Balaban J connectivity index is 2.29. The van der Waals surface area contributed by atoms with Crippen molar-refractivity contribution in [2.24, 2.45) is 0 Å². The highest BCUT2D eigenvalue weighted by molar-refractivity contribution is 7.11. The fourth-order valence-corrected chi connectivity index (χ4v) is 3.61. The Hall–Kier alpha value is -1.30. The Morgan fingerprint density at radius 3 is 2.74 bits per heavy atom. The van der Waals surface area contributed by atoms with Gasteiger partial charge in [0.05, 0.1) is 6.61 Å². The molecule has 0 saturated heterocycles. The third-order valence-corrected chi connectivity index (χ3v) is 4.45. The zero-order chi connectivity index (χ0) is 13.8. The van der Waals surface area contributed by atoms with E-state index in [4.69, 9.17) is 10.5 Å². The van der Waals surface area contributed by atoms with Crippen molar-refractivity contribution in [2.45, 2.75) is 45.6 Å². The third kappa shape index (κ3) is 2.83. The molecule has 0 bridgehead atoms. The molecule has 2 N–H and O–H groups in total. The maximum absolute atomic E-state index is 12.0. The van der Waals surface area contributed by atoms with Crippen molar-refractivity contribution in [3.63, 3.8) is 0 Å². The fourth-order valence-electron chi connectivity index (χ4n) is 2.67. The maximum atomic E-state index is 12.0. The number of carbonyl (C=O) groups is 1. The van der Waals surface area contributed by atoms with Crippen LogP contribution in [0.1, 0.15) is 49.9 Å². The molecule has 0 aliphatic heterocycles. The lowest BCUT2D eigenvalue weighted by molar-refractivity contribution is 0.0528. The molecule has 0 unspecified atom stereocenters. The molecule has 0 aromatic carbocycles. The Labute approximate surface area is 117 Å². The summed E-state index contributed by atoms with van der Waals surface area (Å²) in [6.07, 6.45) is 4.86. The van der Waals surface area contributed by atoms with E-state index in [0.717, 1.165) is 11.5 Å². The first kappa shape index (κ1) is 14.1. The van der Waals surface area contributed by atoms with E-state index < -0.39 is 0 Å². The van der Waals surface area contributed by atoms with Gasteiger partial charge in [-0.05, 0) is 38.2 Å². The summed E-state index contributed by atoms with van der Waals surface area (Å²) >= 11 is 1.30. The van der Waals surface area contributed by atoms with Crippen LogP contribution in [0.5, 0.6) is 0 Å². The first-order valence-corrected chi connectivity index (χ1v) is 7.65. The number of nitrogens with two attached hydrogens (primary N) is 1. The summed E-state index contributed by atoms with van der Waals surface area (Å²) in [6, 6.07) is 0.498. The Kier molecular flexibility index (Phi) is 4.63. The lowest BCUT2D eigenvalue weighted by Gasteiger charge is -2.28. The maximum Gasteiger partial charge on any atom is 0.345 e. The molecule has 1 saturated carbocycles. The number of anilines is 2. The van der Waals surface area contributed by atoms with E-state index >= 15 is 0 Å². The molecule has 6 heteroatoms. The minimum atomic E-state index is -0.361. The predicted octanol–water partition coefficient (Wildman–Crippen LogP) is 2.67. The zero-order valence-electron chi connectivity index (χ0n) is 11.5. The highest BCUT2D eigenvalue weighted by atomic mass is 32.1. The van der Waals surface area contributed by atoms with Gasteiger partial charge in [-0.25, -0.2) is 4.79 Å². The van der Waals surface area contributed by atoms with Crippen LogP contribution in [-0.2, 0) is 4.74 Å². The van der Waals surface area contributed by atoms with Gasteiger partial charge in [-0.1, -0.05) is 12.8 Å². The van der Waals surface area contributed by atoms with Crippen molar-refractivity contribution in [1.29, 1.82) is 0 Å². The SMILES string of the molecule is CCOC(=O)c1c(N)nsc1N(CC)C1CCCC1. The van der Waals surface area contributed by atoms with Crippen molar-refractivity contribution in [1.82, 2.24) is 4.37 Å². The smallest absolute Gasteiger partial charge is 0.345 e. The van der Waals surface area contributed by atoms with Crippen molar-refractivity contribution in [3.05, 3.63) is 5.56 Å². The van der Waals surface area contributed by atoms with E-state index in [9.17, 15) is 4.79 Å². The van der Waals surface area contributed by atoms with Gasteiger partial charge in [-0.2, -0.15) is 4.37 Å². The zero-order valence-corrected chi connectivity index (χ0v) is 12.3. The Bertz CT molecular complexity index is 441. The second-order valence-corrected chi connectivity index (χ2v) is 5.44. The van der Waals surface area contributed by atoms with Gasteiger partial charge in [-0.15, -0.1) is 0 Å². The first-order valence-electron chi connectivity index (χ1n) is 6.87. The largest absolute Gasteiger partial charge is 0.462 e. The van der Waals surface area contributed by atoms with E-state index in [1.54, 1.807) is 6.92 Å². The third-order valence-electron chi connectivity index (χ3n) is 3.55. The van der Waals surface area contributed by atoms with Crippen LogP contribution in [0.3, 0.4) is 0 Å². The summed E-state index contributed by atoms with van der Waals surface area (Å²) in [7, 11) is 0. The van der Waals surface area contributed by atoms with E-state index in [1.807, 2.05) is 0 Å². The molecule has 1 fully saturated rings.